The van der Waals surface area contributed by atoms with Gasteiger partial charge >= 0.3 is 5.97 Å². The van der Waals surface area contributed by atoms with Crippen molar-refractivity contribution in [2.45, 2.75) is 12.8 Å². The summed E-state index contributed by atoms with van der Waals surface area (Å²) in [6, 6.07) is 1.85. The van der Waals surface area contributed by atoms with Gasteiger partial charge in [0.1, 0.15) is 5.76 Å². The minimum Gasteiger partial charge on any atom is -0.478 e. The van der Waals surface area contributed by atoms with Crippen LogP contribution in [0.5, 0.6) is 0 Å². The molecule has 3 rings (SSSR count). The zero-order chi connectivity index (χ0) is 10.4. The summed E-state index contributed by atoms with van der Waals surface area (Å²) in [5.41, 5.74) is 2.22. The molecule has 0 unspecified atom stereocenters. The van der Waals surface area contributed by atoms with E-state index in [2.05, 4.69) is 0 Å². The van der Waals surface area contributed by atoms with Crippen molar-refractivity contribution in [3.05, 3.63) is 33.9 Å². The molecule has 0 saturated heterocycles. The number of aryl methyl sites for hydroxylation is 2. The van der Waals surface area contributed by atoms with Crippen molar-refractivity contribution in [2.75, 3.05) is 0 Å². The molecule has 1 N–H and O–H groups in total. The van der Waals surface area contributed by atoms with Gasteiger partial charge in [-0.1, -0.05) is 0 Å². The Labute approximate surface area is 90.0 Å². The lowest BCUT2D eigenvalue weighted by molar-refractivity contribution is 0.0698. The maximum atomic E-state index is 11.0. The molecular weight excluding hydrogens is 212 g/mol. The Morgan fingerprint density at radius 2 is 2.33 bits per heavy atom. The number of thiophene rings is 1. The van der Waals surface area contributed by atoms with E-state index in [-0.39, 0.29) is 0 Å². The summed E-state index contributed by atoms with van der Waals surface area (Å²) in [6.45, 7) is 0. The van der Waals surface area contributed by atoms with E-state index in [0.29, 0.717) is 5.56 Å². The number of fused-ring (bicyclic) bond motifs is 3. The van der Waals surface area contributed by atoms with E-state index in [1.54, 1.807) is 11.6 Å². The highest BCUT2D eigenvalue weighted by Crippen LogP contribution is 2.40. The number of furan rings is 1. The van der Waals surface area contributed by atoms with Gasteiger partial charge in [0.25, 0.3) is 0 Å². The summed E-state index contributed by atoms with van der Waals surface area (Å²) < 4.78 is 5.33. The van der Waals surface area contributed by atoms with Crippen LogP contribution in [-0.4, -0.2) is 11.1 Å². The lowest BCUT2D eigenvalue weighted by Gasteiger charge is -2.11. The van der Waals surface area contributed by atoms with Crippen LogP contribution >= 0.6 is 11.3 Å². The molecule has 2 aromatic heterocycles. The lowest BCUT2D eigenvalue weighted by Crippen LogP contribution is -2.03. The van der Waals surface area contributed by atoms with Crippen molar-refractivity contribution in [1.29, 1.82) is 0 Å². The van der Waals surface area contributed by atoms with Crippen molar-refractivity contribution in [3.63, 3.8) is 0 Å². The van der Waals surface area contributed by atoms with Crippen molar-refractivity contribution in [2.24, 2.45) is 0 Å². The van der Waals surface area contributed by atoms with Gasteiger partial charge in [0.15, 0.2) is 0 Å². The first-order valence-electron chi connectivity index (χ1n) is 4.68. The highest BCUT2D eigenvalue weighted by Gasteiger charge is 2.25. The Hall–Kier alpha value is -1.55. The average Bonchev–Trinajstić information content (AvgIpc) is 2.82. The molecule has 0 radical (unpaired) electrons. The van der Waals surface area contributed by atoms with E-state index in [4.69, 9.17) is 9.52 Å². The van der Waals surface area contributed by atoms with E-state index >= 15 is 0 Å². The van der Waals surface area contributed by atoms with Crippen molar-refractivity contribution < 1.29 is 14.3 Å². The Morgan fingerprint density at radius 3 is 3.13 bits per heavy atom. The Kier molecular flexibility index (Phi) is 1.73. The monoisotopic (exact) mass is 220 g/mol. The molecule has 15 heavy (non-hydrogen) atoms. The van der Waals surface area contributed by atoms with Gasteiger partial charge < -0.3 is 9.52 Å². The molecule has 2 aromatic rings. The summed E-state index contributed by atoms with van der Waals surface area (Å²) >= 11 is 1.52. The molecule has 0 bridgehead atoms. The minimum atomic E-state index is -0.860. The fraction of sp³-hybridized carbons (Fsp3) is 0.182. The summed E-state index contributed by atoms with van der Waals surface area (Å²) in [7, 11) is 0. The second kappa shape index (κ2) is 2.97. The van der Waals surface area contributed by atoms with Gasteiger partial charge in [0, 0.05) is 27.8 Å². The SMILES string of the molecule is O=C(O)c1csc2c1-c1ccoc1CC2. The summed E-state index contributed by atoms with van der Waals surface area (Å²) in [5.74, 6) is 0.0463. The first-order chi connectivity index (χ1) is 7.27. The molecule has 0 spiro atoms. The summed E-state index contributed by atoms with van der Waals surface area (Å²) in [4.78, 5) is 12.2. The quantitative estimate of drug-likeness (QED) is 0.803. The number of aromatic carboxylic acids is 1. The third kappa shape index (κ3) is 1.15. The van der Waals surface area contributed by atoms with Gasteiger partial charge in [-0.3, -0.25) is 0 Å². The van der Waals surface area contributed by atoms with Gasteiger partial charge in [-0.25, -0.2) is 4.79 Å². The van der Waals surface area contributed by atoms with Crippen LogP contribution in [0.3, 0.4) is 0 Å². The molecule has 0 fully saturated rings. The van der Waals surface area contributed by atoms with Crippen molar-refractivity contribution in [1.82, 2.24) is 0 Å². The third-order valence-corrected chi connectivity index (χ3v) is 3.74. The molecular formula is C11H8O3S. The molecule has 1 aliphatic rings. The van der Waals surface area contributed by atoms with Crippen LogP contribution in [0.1, 0.15) is 21.0 Å². The first kappa shape index (κ1) is 8.73. The molecule has 0 aliphatic heterocycles. The van der Waals surface area contributed by atoms with E-state index in [9.17, 15) is 4.79 Å². The number of carbonyl (C=O) groups is 1. The van der Waals surface area contributed by atoms with Crippen LogP contribution in [0.2, 0.25) is 0 Å². The van der Waals surface area contributed by atoms with Gasteiger partial charge in [0.2, 0.25) is 0 Å². The number of carboxylic acids is 1. The first-order valence-corrected chi connectivity index (χ1v) is 5.55. The van der Waals surface area contributed by atoms with Crippen LogP contribution in [0.15, 0.2) is 22.1 Å². The second-order valence-corrected chi connectivity index (χ2v) is 4.47. The van der Waals surface area contributed by atoms with E-state index in [0.717, 1.165) is 34.6 Å². The zero-order valence-corrected chi connectivity index (χ0v) is 8.63. The zero-order valence-electron chi connectivity index (χ0n) is 7.82. The molecule has 3 nitrogen and oxygen atoms in total. The minimum absolute atomic E-state index is 0.400. The smallest absolute Gasteiger partial charge is 0.337 e. The van der Waals surface area contributed by atoms with Crippen molar-refractivity contribution >= 4 is 17.3 Å². The average molecular weight is 220 g/mol. The van der Waals surface area contributed by atoms with Gasteiger partial charge in [-0.15, -0.1) is 11.3 Å². The number of hydrogen-bond donors (Lipinski definition) is 1. The molecule has 0 aromatic carbocycles. The van der Waals surface area contributed by atoms with Gasteiger partial charge in [-0.05, 0) is 12.5 Å². The van der Waals surface area contributed by atoms with Crippen LogP contribution in [0.4, 0.5) is 0 Å². The highest BCUT2D eigenvalue weighted by molar-refractivity contribution is 7.10. The normalized spacial score (nSPS) is 13.3. The Morgan fingerprint density at radius 1 is 1.47 bits per heavy atom. The fourth-order valence-corrected chi connectivity index (χ4v) is 3.06. The fourth-order valence-electron chi connectivity index (χ4n) is 2.02. The number of carboxylic acid groups (broad SMARTS) is 1. The lowest BCUT2D eigenvalue weighted by atomic mass is 9.94. The topological polar surface area (TPSA) is 50.4 Å². The largest absolute Gasteiger partial charge is 0.478 e. The van der Waals surface area contributed by atoms with Crippen molar-refractivity contribution in [3.8, 4) is 11.1 Å². The standard InChI is InChI=1S/C11H8O3S/c12-11(13)7-5-15-9-2-1-8-6(10(7)9)3-4-14-8/h3-5H,1-2H2,(H,12,13). The summed E-state index contributed by atoms with van der Waals surface area (Å²) in [6.07, 6.45) is 3.38. The van der Waals surface area contributed by atoms with E-state index in [1.807, 2.05) is 6.07 Å². The van der Waals surface area contributed by atoms with E-state index in [1.165, 1.54) is 11.3 Å². The Bertz CT molecular complexity index is 536. The second-order valence-electron chi connectivity index (χ2n) is 3.51. The maximum Gasteiger partial charge on any atom is 0.337 e. The molecule has 2 heterocycles. The third-order valence-electron chi connectivity index (χ3n) is 2.69. The molecule has 0 amide bonds. The molecule has 0 saturated carbocycles. The van der Waals surface area contributed by atoms with Crippen LogP contribution in [0, 0.1) is 0 Å². The van der Waals surface area contributed by atoms with Gasteiger partial charge in [0.05, 0.1) is 11.8 Å². The highest BCUT2D eigenvalue weighted by atomic mass is 32.1. The van der Waals surface area contributed by atoms with Crippen LogP contribution in [-0.2, 0) is 12.8 Å². The molecule has 0 atom stereocenters. The van der Waals surface area contributed by atoms with Crippen LogP contribution < -0.4 is 0 Å². The predicted octanol–water partition coefficient (Wildman–Crippen LogP) is 2.80. The molecule has 76 valence electrons. The van der Waals surface area contributed by atoms with Gasteiger partial charge in [-0.2, -0.15) is 0 Å². The van der Waals surface area contributed by atoms with E-state index < -0.39 is 5.97 Å². The summed E-state index contributed by atoms with van der Waals surface area (Å²) in [5, 5.41) is 10.8. The molecule has 1 aliphatic carbocycles. The van der Waals surface area contributed by atoms with Crippen LogP contribution in [0.25, 0.3) is 11.1 Å². The number of hydrogen-bond acceptors (Lipinski definition) is 3. The predicted molar refractivity (Wildman–Crippen MR) is 56.4 cm³/mol. The number of rotatable bonds is 1. The maximum absolute atomic E-state index is 11.0. The molecule has 4 heteroatoms. The Balaban J connectivity index is 2.29.